The molecule has 1 unspecified atom stereocenters. The van der Waals surface area contributed by atoms with Crippen LogP contribution in [0.15, 0.2) is 18.2 Å². The van der Waals surface area contributed by atoms with Gasteiger partial charge in [0.25, 0.3) is 0 Å². The molecule has 0 aromatic heterocycles. The number of halogens is 1. The maximum atomic E-state index is 12.1. The van der Waals surface area contributed by atoms with Crippen LogP contribution in [-0.4, -0.2) is 16.4 Å². The van der Waals surface area contributed by atoms with Crippen molar-refractivity contribution in [2.45, 2.75) is 43.1 Å². The first kappa shape index (κ1) is 14.5. The highest BCUT2D eigenvalue weighted by atomic mass is 35.5. The van der Waals surface area contributed by atoms with Gasteiger partial charge in [-0.3, -0.25) is 4.79 Å². The Balaban J connectivity index is 1.93. The Bertz CT molecular complexity index is 461. The molecule has 1 atom stereocenters. The molecule has 1 saturated carbocycles. The number of carbonyl (C=O) groups excluding carboxylic acids is 1. The van der Waals surface area contributed by atoms with Gasteiger partial charge in [-0.25, -0.2) is 0 Å². The van der Waals surface area contributed by atoms with Crippen molar-refractivity contribution in [1.29, 1.82) is 0 Å². The largest absolute Gasteiger partial charge is 0.397 e. The lowest BCUT2D eigenvalue weighted by Crippen LogP contribution is -2.24. The highest BCUT2D eigenvalue weighted by Gasteiger charge is 2.22. The second kappa shape index (κ2) is 6.53. The van der Waals surface area contributed by atoms with Crippen LogP contribution in [0, 0.1) is 0 Å². The minimum Gasteiger partial charge on any atom is -0.397 e. The molecule has 3 nitrogen and oxygen atoms in total. The first-order chi connectivity index (χ1) is 9.06. The van der Waals surface area contributed by atoms with E-state index < -0.39 is 0 Å². The Morgan fingerprint density at radius 1 is 1.47 bits per heavy atom. The van der Waals surface area contributed by atoms with E-state index in [9.17, 15) is 4.79 Å². The number of anilines is 2. The highest BCUT2D eigenvalue weighted by molar-refractivity contribution is 8.01. The summed E-state index contributed by atoms with van der Waals surface area (Å²) < 4.78 is 0. The SMILES string of the molecule is CC(SC1CCCC1)C(=O)Nc1cc(Cl)ccc1N. The number of rotatable bonds is 4. The molecule has 1 aromatic carbocycles. The third kappa shape index (κ3) is 4.05. The molecule has 0 aliphatic heterocycles. The molecule has 0 spiro atoms. The Kier molecular flexibility index (Phi) is 4.99. The molecule has 0 bridgehead atoms. The van der Waals surface area contributed by atoms with Crippen LogP contribution in [0.1, 0.15) is 32.6 Å². The monoisotopic (exact) mass is 298 g/mol. The van der Waals surface area contributed by atoms with Crippen LogP contribution in [0.3, 0.4) is 0 Å². The maximum absolute atomic E-state index is 12.1. The highest BCUT2D eigenvalue weighted by Crippen LogP contribution is 2.33. The fourth-order valence-electron chi connectivity index (χ4n) is 2.25. The molecule has 2 rings (SSSR count). The van der Waals surface area contributed by atoms with Gasteiger partial charge in [-0.2, -0.15) is 0 Å². The van der Waals surface area contributed by atoms with E-state index in [4.69, 9.17) is 17.3 Å². The van der Waals surface area contributed by atoms with Crippen molar-refractivity contribution in [3.05, 3.63) is 23.2 Å². The summed E-state index contributed by atoms with van der Waals surface area (Å²) in [6.07, 6.45) is 5.02. The first-order valence-corrected chi connectivity index (χ1v) is 7.89. The van der Waals surface area contributed by atoms with Gasteiger partial charge in [0.2, 0.25) is 5.91 Å². The molecule has 19 heavy (non-hydrogen) atoms. The van der Waals surface area contributed by atoms with Gasteiger partial charge in [-0.05, 0) is 38.0 Å². The van der Waals surface area contributed by atoms with Crippen LogP contribution in [-0.2, 0) is 4.79 Å². The molecule has 1 amide bonds. The predicted molar refractivity (Wildman–Crippen MR) is 83.8 cm³/mol. The van der Waals surface area contributed by atoms with E-state index in [1.54, 1.807) is 30.0 Å². The van der Waals surface area contributed by atoms with Crippen LogP contribution in [0.4, 0.5) is 11.4 Å². The van der Waals surface area contributed by atoms with Crippen LogP contribution >= 0.6 is 23.4 Å². The molecule has 104 valence electrons. The van der Waals surface area contributed by atoms with Crippen molar-refractivity contribution in [3.8, 4) is 0 Å². The summed E-state index contributed by atoms with van der Waals surface area (Å²) in [5.74, 6) is -0.00846. The van der Waals surface area contributed by atoms with Crippen molar-refractivity contribution in [2.75, 3.05) is 11.1 Å². The second-order valence-electron chi connectivity index (χ2n) is 4.91. The predicted octanol–water partition coefficient (Wildman–Crippen LogP) is 3.93. The fraction of sp³-hybridized carbons (Fsp3) is 0.500. The van der Waals surface area contributed by atoms with Gasteiger partial charge in [-0.15, -0.1) is 11.8 Å². The van der Waals surface area contributed by atoms with Crippen molar-refractivity contribution >= 4 is 40.6 Å². The number of thioether (sulfide) groups is 1. The average Bonchev–Trinajstić information content (AvgIpc) is 2.86. The summed E-state index contributed by atoms with van der Waals surface area (Å²) in [6.45, 7) is 1.94. The Hall–Kier alpha value is -0.870. The molecule has 5 heteroatoms. The van der Waals surface area contributed by atoms with Crippen LogP contribution in [0.5, 0.6) is 0 Å². The van der Waals surface area contributed by atoms with Gasteiger partial charge in [0.05, 0.1) is 16.6 Å². The molecule has 0 radical (unpaired) electrons. The normalized spacial score (nSPS) is 17.4. The molecule has 0 heterocycles. The molecule has 1 aliphatic rings. The summed E-state index contributed by atoms with van der Waals surface area (Å²) in [7, 11) is 0. The van der Waals surface area contributed by atoms with Crippen molar-refractivity contribution < 1.29 is 4.79 Å². The molecule has 3 N–H and O–H groups in total. The zero-order valence-electron chi connectivity index (χ0n) is 11.0. The van der Waals surface area contributed by atoms with E-state index in [1.165, 1.54) is 25.7 Å². The Morgan fingerprint density at radius 2 is 2.16 bits per heavy atom. The quantitative estimate of drug-likeness (QED) is 0.828. The summed E-state index contributed by atoms with van der Waals surface area (Å²) in [5, 5.41) is 3.98. The topological polar surface area (TPSA) is 55.1 Å². The minimum absolute atomic E-state index is 0.00846. The van der Waals surface area contributed by atoms with Gasteiger partial charge in [0.1, 0.15) is 0 Å². The van der Waals surface area contributed by atoms with Gasteiger partial charge < -0.3 is 11.1 Å². The number of hydrogen-bond acceptors (Lipinski definition) is 3. The molecular weight excluding hydrogens is 280 g/mol. The molecule has 1 aliphatic carbocycles. The second-order valence-corrected chi connectivity index (χ2v) is 6.99. The van der Waals surface area contributed by atoms with E-state index in [0.717, 1.165) is 0 Å². The van der Waals surface area contributed by atoms with E-state index in [-0.39, 0.29) is 11.2 Å². The molecule has 0 saturated heterocycles. The Morgan fingerprint density at radius 3 is 2.84 bits per heavy atom. The summed E-state index contributed by atoms with van der Waals surface area (Å²) in [5.41, 5.74) is 6.95. The van der Waals surface area contributed by atoms with Crippen LogP contribution in [0.2, 0.25) is 5.02 Å². The van der Waals surface area contributed by atoms with E-state index >= 15 is 0 Å². The summed E-state index contributed by atoms with van der Waals surface area (Å²) in [4.78, 5) is 12.1. The number of carbonyl (C=O) groups is 1. The standard InChI is InChI=1S/C14H19ClN2OS/c1-9(19-11-4-2-3-5-11)14(18)17-13-8-10(15)6-7-12(13)16/h6-9,11H,2-5,16H2,1H3,(H,17,18). The fourth-order valence-corrected chi connectivity index (χ4v) is 3.78. The summed E-state index contributed by atoms with van der Waals surface area (Å²) in [6, 6.07) is 5.09. The van der Waals surface area contributed by atoms with Gasteiger partial charge in [-0.1, -0.05) is 24.4 Å². The Labute approximate surface area is 123 Å². The van der Waals surface area contributed by atoms with Crippen molar-refractivity contribution in [1.82, 2.24) is 0 Å². The number of hydrogen-bond donors (Lipinski definition) is 2. The van der Waals surface area contributed by atoms with Crippen LogP contribution < -0.4 is 11.1 Å². The minimum atomic E-state index is -0.0681. The molecular formula is C14H19ClN2OS. The number of benzene rings is 1. The van der Waals surface area contributed by atoms with Gasteiger partial charge in [0.15, 0.2) is 0 Å². The zero-order chi connectivity index (χ0) is 13.8. The van der Waals surface area contributed by atoms with Crippen molar-refractivity contribution in [3.63, 3.8) is 0 Å². The smallest absolute Gasteiger partial charge is 0.237 e. The number of nitrogens with two attached hydrogens (primary N) is 1. The number of nitrogens with one attached hydrogen (secondary N) is 1. The molecule has 1 fully saturated rings. The van der Waals surface area contributed by atoms with E-state index in [1.807, 2.05) is 6.92 Å². The average molecular weight is 299 g/mol. The maximum Gasteiger partial charge on any atom is 0.237 e. The molecule has 1 aromatic rings. The zero-order valence-corrected chi connectivity index (χ0v) is 12.6. The lowest BCUT2D eigenvalue weighted by atomic mass is 10.2. The lowest BCUT2D eigenvalue weighted by molar-refractivity contribution is -0.115. The number of amides is 1. The van der Waals surface area contributed by atoms with Gasteiger partial charge in [0, 0.05) is 10.3 Å². The van der Waals surface area contributed by atoms with E-state index in [2.05, 4.69) is 5.32 Å². The van der Waals surface area contributed by atoms with Gasteiger partial charge >= 0.3 is 0 Å². The van der Waals surface area contributed by atoms with E-state index in [0.29, 0.717) is 21.6 Å². The number of nitrogen functional groups attached to an aromatic ring is 1. The van der Waals surface area contributed by atoms with Crippen LogP contribution in [0.25, 0.3) is 0 Å². The third-order valence-electron chi connectivity index (χ3n) is 3.34. The third-order valence-corrected chi connectivity index (χ3v) is 5.05. The lowest BCUT2D eigenvalue weighted by Gasteiger charge is -2.16. The summed E-state index contributed by atoms with van der Waals surface area (Å²) >= 11 is 7.66. The first-order valence-electron chi connectivity index (χ1n) is 6.57. The van der Waals surface area contributed by atoms with Crippen molar-refractivity contribution in [2.24, 2.45) is 0 Å².